The Morgan fingerprint density at radius 2 is 1.87 bits per heavy atom. The zero-order chi connectivity index (χ0) is 21.3. The van der Waals surface area contributed by atoms with Gasteiger partial charge in [0.25, 0.3) is 5.91 Å². The van der Waals surface area contributed by atoms with E-state index in [1.165, 1.54) is 0 Å². The number of benzene rings is 2. The largest absolute Gasteiger partial charge is 0.347 e. The summed E-state index contributed by atoms with van der Waals surface area (Å²) in [5.41, 5.74) is 3.95. The van der Waals surface area contributed by atoms with E-state index in [0.29, 0.717) is 18.0 Å². The van der Waals surface area contributed by atoms with E-state index >= 15 is 0 Å². The lowest BCUT2D eigenvalue weighted by Crippen LogP contribution is -2.23. The molecule has 0 spiro atoms. The molecule has 3 aromatic rings. The lowest BCUT2D eigenvalue weighted by Gasteiger charge is -2.13. The van der Waals surface area contributed by atoms with E-state index in [1.54, 1.807) is 22.9 Å². The second kappa shape index (κ2) is 8.24. The zero-order valence-electron chi connectivity index (χ0n) is 16.5. The minimum atomic E-state index is -3.08. The summed E-state index contributed by atoms with van der Waals surface area (Å²) in [5.74, 6) is -0.125. The third-order valence-electron chi connectivity index (χ3n) is 5.24. The molecule has 156 valence electrons. The molecule has 30 heavy (non-hydrogen) atoms. The fraction of sp³-hybridized carbons (Fsp3) is 0.273. The van der Waals surface area contributed by atoms with Crippen molar-refractivity contribution in [3.8, 4) is 11.3 Å². The molecule has 0 radical (unpaired) electrons. The molecule has 2 aromatic carbocycles. The van der Waals surface area contributed by atoms with Gasteiger partial charge < -0.3 is 5.32 Å². The summed E-state index contributed by atoms with van der Waals surface area (Å²) in [6.07, 6.45) is 0.495. The predicted molar refractivity (Wildman–Crippen MR) is 117 cm³/mol. The molecular weight excluding hydrogens is 422 g/mol. The van der Waals surface area contributed by atoms with Crippen molar-refractivity contribution in [3.63, 3.8) is 0 Å². The predicted octanol–water partition coefficient (Wildman–Crippen LogP) is 3.80. The van der Waals surface area contributed by atoms with Crippen molar-refractivity contribution in [2.24, 2.45) is 0 Å². The summed E-state index contributed by atoms with van der Waals surface area (Å²) in [6, 6.07) is 16.6. The zero-order valence-corrected chi connectivity index (χ0v) is 18.1. The van der Waals surface area contributed by atoms with E-state index in [1.807, 2.05) is 43.3 Å². The van der Waals surface area contributed by atoms with Gasteiger partial charge in [0.05, 0.1) is 23.2 Å². The van der Waals surface area contributed by atoms with Crippen LogP contribution in [0, 0.1) is 6.92 Å². The quantitative estimate of drug-likeness (QED) is 0.650. The monoisotopic (exact) mass is 443 g/mol. The normalized spacial score (nSPS) is 17.7. The number of aromatic nitrogens is 2. The van der Waals surface area contributed by atoms with Crippen molar-refractivity contribution >= 4 is 27.3 Å². The molecule has 0 bridgehead atoms. The first-order valence-corrected chi connectivity index (χ1v) is 11.9. The SMILES string of the molecule is Cc1ccc(-c2cc(C(=O)NCc3ccc(Cl)cc3)nn2[C@H]2CCS(=O)(=O)C2)cc1. The minimum absolute atomic E-state index is 0.0410. The molecular formula is C22H22ClN3O3S. The highest BCUT2D eigenvalue weighted by atomic mass is 35.5. The number of halogens is 1. The molecule has 1 saturated heterocycles. The fourth-order valence-electron chi connectivity index (χ4n) is 3.57. The van der Waals surface area contributed by atoms with Crippen LogP contribution < -0.4 is 5.32 Å². The molecule has 4 rings (SSSR count). The van der Waals surface area contributed by atoms with Gasteiger partial charge >= 0.3 is 0 Å². The maximum Gasteiger partial charge on any atom is 0.272 e. The standard InChI is InChI=1S/C22H22ClN3O3S/c1-15-2-6-17(7-3-15)21-12-20(25-26(21)19-10-11-30(28,29)14-19)22(27)24-13-16-4-8-18(23)9-5-16/h2-9,12,19H,10-11,13-14H2,1H3,(H,24,27)/t19-/m0/s1. The van der Waals surface area contributed by atoms with Crippen LogP contribution in [0.1, 0.15) is 34.1 Å². The summed E-state index contributed by atoms with van der Waals surface area (Å²) < 4.78 is 25.7. The highest BCUT2D eigenvalue weighted by Crippen LogP contribution is 2.30. The van der Waals surface area contributed by atoms with Crippen LogP contribution in [-0.2, 0) is 16.4 Å². The number of carbonyl (C=O) groups excluding carboxylic acids is 1. The smallest absolute Gasteiger partial charge is 0.272 e. The molecule has 1 N–H and O–H groups in total. The fourth-order valence-corrected chi connectivity index (χ4v) is 5.39. The number of sulfone groups is 1. The van der Waals surface area contributed by atoms with E-state index in [4.69, 9.17) is 11.6 Å². The average Bonchev–Trinajstić information content (AvgIpc) is 3.31. The number of rotatable bonds is 5. The maximum atomic E-state index is 12.7. The Labute approximate surface area is 180 Å². The van der Waals surface area contributed by atoms with Gasteiger partial charge in [-0.1, -0.05) is 53.6 Å². The Bertz CT molecular complexity index is 1170. The number of aryl methyl sites for hydroxylation is 1. The first-order chi connectivity index (χ1) is 14.3. The lowest BCUT2D eigenvalue weighted by molar-refractivity contribution is 0.0945. The summed E-state index contributed by atoms with van der Waals surface area (Å²) in [6.45, 7) is 2.35. The van der Waals surface area contributed by atoms with Gasteiger partial charge in [-0.2, -0.15) is 5.10 Å². The molecule has 1 aliphatic heterocycles. The highest BCUT2D eigenvalue weighted by molar-refractivity contribution is 7.91. The number of hydrogen-bond donors (Lipinski definition) is 1. The third-order valence-corrected chi connectivity index (χ3v) is 7.24. The summed E-state index contributed by atoms with van der Waals surface area (Å²) in [7, 11) is -3.08. The van der Waals surface area contributed by atoms with Gasteiger partial charge in [-0.3, -0.25) is 9.48 Å². The summed E-state index contributed by atoms with van der Waals surface area (Å²) in [5, 5.41) is 8.01. The third kappa shape index (κ3) is 4.57. The number of hydrogen-bond acceptors (Lipinski definition) is 4. The molecule has 1 aliphatic rings. The van der Waals surface area contributed by atoms with Crippen LogP contribution in [0.25, 0.3) is 11.3 Å². The maximum absolute atomic E-state index is 12.7. The second-order valence-corrected chi connectivity index (χ2v) is 10.3. The molecule has 0 saturated carbocycles. The van der Waals surface area contributed by atoms with Crippen molar-refractivity contribution < 1.29 is 13.2 Å². The minimum Gasteiger partial charge on any atom is -0.347 e. The van der Waals surface area contributed by atoms with Crippen LogP contribution in [-0.4, -0.2) is 35.6 Å². The first-order valence-electron chi connectivity index (χ1n) is 9.70. The Balaban J connectivity index is 1.61. The molecule has 1 aromatic heterocycles. The van der Waals surface area contributed by atoms with Crippen molar-refractivity contribution in [2.75, 3.05) is 11.5 Å². The van der Waals surface area contributed by atoms with Gasteiger partial charge in [-0.15, -0.1) is 0 Å². The summed E-state index contributed by atoms with van der Waals surface area (Å²) in [4.78, 5) is 12.7. The molecule has 8 heteroatoms. The Kier molecular flexibility index (Phi) is 5.66. The molecule has 2 heterocycles. The number of amides is 1. The van der Waals surface area contributed by atoms with Gasteiger partial charge in [-0.05, 0) is 42.7 Å². The molecule has 0 aliphatic carbocycles. The van der Waals surface area contributed by atoms with Crippen molar-refractivity contribution in [1.82, 2.24) is 15.1 Å². The Hall–Kier alpha value is -2.64. The van der Waals surface area contributed by atoms with Crippen molar-refractivity contribution in [3.05, 3.63) is 76.4 Å². The topological polar surface area (TPSA) is 81.1 Å². The molecule has 1 atom stereocenters. The lowest BCUT2D eigenvalue weighted by atomic mass is 10.1. The van der Waals surface area contributed by atoms with Gasteiger partial charge in [0.15, 0.2) is 15.5 Å². The number of carbonyl (C=O) groups is 1. The van der Waals surface area contributed by atoms with Gasteiger partial charge in [0.1, 0.15) is 0 Å². The van der Waals surface area contributed by atoms with Crippen LogP contribution in [0.3, 0.4) is 0 Å². The van der Waals surface area contributed by atoms with E-state index < -0.39 is 9.84 Å². The number of nitrogens with zero attached hydrogens (tertiary/aromatic N) is 2. The first kappa shape index (κ1) is 20.6. The second-order valence-electron chi connectivity index (χ2n) is 7.59. The van der Waals surface area contributed by atoms with Crippen LogP contribution >= 0.6 is 11.6 Å². The average molecular weight is 444 g/mol. The van der Waals surface area contributed by atoms with Crippen molar-refractivity contribution in [1.29, 1.82) is 0 Å². The van der Waals surface area contributed by atoms with E-state index in [9.17, 15) is 13.2 Å². The van der Waals surface area contributed by atoms with Crippen molar-refractivity contribution in [2.45, 2.75) is 25.9 Å². The number of nitrogens with one attached hydrogen (secondary N) is 1. The Morgan fingerprint density at radius 3 is 2.50 bits per heavy atom. The molecule has 1 amide bonds. The summed E-state index contributed by atoms with van der Waals surface area (Å²) >= 11 is 5.90. The van der Waals surface area contributed by atoms with Crippen LogP contribution in [0.5, 0.6) is 0 Å². The van der Waals surface area contributed by atoms with Gasteiger partial charge in [0.2, 0.25) is 0 Å². The van der Waals surface area contributed by atoms with Crippen LogP contribution in [0.2, 0.25) is 5.02 Å². The van der Waals surface area contributed by atoms with E-state index in [-0.39, 0.29) is 29.1 Å². The molecule has 1 fully saturated rings. The van der Waals surface area contributed by atoms with E-state index in [2.05, 4.69) is 10.4 Å². The Morgan fingerprint density at radius 1 is 1.17 bits per heavy atom. The molecule has 0 unspecified atom stereocenters. The van der Waals surface area contributed by atoms with E-state index in [0.717, 1.165) is 22.4 Å². The van der Waals surface area contributed by atoms with Gasteiger partial charge in [0, 0.05) is 11.6 Å². The van der Waals surface area contributed by atoms with Gasteiger partial charge in [-0.25, -0.2) is 8.42 Å². The highest BCUT2D eigenvalue weighted by Gasteiger charge is 2.32. The van der Waals surface area contributed by atoms with Crippen LogP contribution in [0.15, 0.2) is 54.6 Å². The molecule has 6 nitrogen and oxygen atoms in total. The van der Waals surface area contributed by atoms with Crippen LogP contribution in [0.4, 0.5) is 0 Å².